The Labute approximate surface area is 192 Å². The molecule has 2 aromatic carbocycles. The van der Waals surface area contributed by atoms with Crippen LogP contribution >= 0.6 is 0 Å². The van der Waals surface area contributed by atoms with Crippen LogP contribution < -0.4 is 10.8 Å². The fourth-order valence-electron chi connectivity index (χ4n) is 3.51. The normalized spacial score (nSPS) is 11.9. The van der Waals surface area contributed by atoms with Gasteiger partial charge in [-0.1, -0.05) is 23.4 Å². The Kier molecular flexibility index (Phi) is 6.83. The Balaban J connectivity index is 1.47. The summed E-state index contributed by atoms with van der Waals surface area (Å²) in [6.07, 6.45) is 3.60. The molecule has 0 aliphatic rings. The molecule has 4 rings (SSSR count). The number of benzene rings is 2. The number of hydrogen-bond acceptors (Lipinski definition) is 6. The van der Waals surface area contributed by atoms with Gasteiger partial charge in [-0.15, -0.1) is 5.10 Å². The molecule has 11 heteroatoms. The van der Waals surface area contributed by atoms with E-state index in [9.17, 15) is 18.4 Å². The molecular weight excluding hydrogens is 446 g/mol. The number of fused-ring (bicyclic) bond motifs is 1. The standard InChI is InChI=1S/C23H20F2N6O3/c24-19-6-5-16(10-20(19)25)23(33)27-12-17-13-31(30-28-17)18(11-22(32)29-34)8-14-3-4-15-2-1-7-26-21(15)9-14/h1-7,9-10,13,18,34H,8,11-12H2,(H,27,33)(H,29,32)/t18-/m1/s1. The first-order chi connectivity index (χ1) is 16.4. The van der Waals surface area contributed by atoms with Crippen molar-refractivity contribution in [2.45, 2.75) is 25.4 Å². The highest BCUT2D eigenvalue weighted by Crippen LogP contribution is 2.21. The summed E-state index contributed by atoms with van der Waals surface area (Å²) in [6.45, 7) is -0.0172. The predicted molar refractivity (Wildman–Crippen MR) is 117 cm³/mol. The second kappa shape index (κ2) is 10.1. The molecule has 0 saturated carbocycles. The van der Waals surface area contributed by atoms with Crippen molar-refractivity contribution >= 4 is 22.7 Å². The lowest BCUT2D eigenvalue weighted by Gasteiger charge is -2.16. The van der Waals surface area contributed by atoms with E-state index in [4.69, 9.17) is 5.21 Å². The molecule has 0 saturated heterocycles. The Morgan fingerprint density at radius 2 is 1.94 bits per heavy atom. The van der Waals surface area contributed by atoms with E-state index in [0.717, 1.165) is 28.6 Å². The summed E-state index contributed by atoms with van der Waals surface area (Å²) in [6, 6.07) is 11.9. The van der Waals surface area contributed by atoms with Gasteiger partial charge in [0.15, 0.2) is 11.6 Å². The van der Waals surface area contributed by atoms with Gasteiger partial charge in [0, 0.05) is 17.1 Å². The predicted octanol–water partition coefficient (Wildman–Crippen LogP) is 2.71. The Morgan fingerprint density at radius 1 is 1.09 bits per heavy atom. The third kappa shape index (κ3) is 5.38. The maximum atomic E-state index is 13.4. The van der Waals surface area contributed by atoms with Gasteiger partial charge in [0.2, 0.25) is 5.91 Å². The summed E-state index contributed by atoms with van der Waals surface area (Å²) in [5.41, 5.74) is 3.71. The van der Waals surface area contributed by atoms with Crippen LogP contribution in [-0.2, 0) is 17.8 Å². The van der Waals surface area contributed by atoms with Gasteiger partial charge >= 0.3 is 0 Å². The smallest absolute Gasteiger partial charge is 0.251 e. The molecule has 34 heavy (non-hydrogen) atoms. The molecular formula is C23H20F2N6O3. The van der Waals surface area contributed by atoms with E-state index in [0.29, 0.717) is 12.1 Å². The van der Waals surface area contributed by atoms with Crippen molar-refractivity contribution in [3.8, 4) is 0 Å². The first kappa shape index (κ1) is 22.9. The lowest BCUT2D eigenvalue weighted by molar-refractivity contribution is -0.130. The molecule has 4 aromatic rings. The van der Waals surface area contributed by atoms with Crippen LogP contribution in [0.1, 0.15) is 34.1 Å². The summed E-state index contributed by atoms with van der Waals surface area (Å²) in [5.74, 6) is -3.35. The molecule has 0 radical (unpaired) electrons. The quantitative estimate of drug-likeness (QED) is 0.271. The zero-order chi connectivity index (χ0) is 24.1. The highest BCUT2D eigenvalue weighted by molar-refractivity contribution is 5.94. The number of aromatic nitrogens is 4. The van der Waals surface area contributed by atoms with Gasteiger partial charge in [-0.3, -0.25) is 19.8 Å². The van der Waals surface area contributed by atoms with Crippen LogP contribution in [0.3, 0.4) is 0 Å². The molecule has 2 amide bonds. The number of hydroxylamine groups is 1. The average Bonchev–Trinajstić information content (AvgIpc) is 3.32. The van der Waals surface area contributed by atoms with Crippen molar-refractivity contribution in [3.63, 3.8) is 0 Å². The van der Waals surface area contributed by atoms with Crippen molar-refractivity contribution in [1.29, 1.82) is 0 Å². The van der Waals surface area contributed by atoms with Gasteiger partial charge in [0.05, 0.1) is 30.7 Å². The third-order valence-electron chi connectivity index (χ3n) is 5.23. The molecule has 0 fully saturated rings. The minimum Gasteiger partial charge on any atom is -0.346 e. The van der Waals surface area contributed by atoms with E-state index < -0.39 is 29.5 Å². The van der Waals surface area contributed by atoms with Crippen LogP contribution in [0.25, 0.3) is 10.9 Å². The molecule has 174 valence electrons. The maximum absolute atomic E-state index is 13.4. The fraction of sp³-hybridized carbons (Fsp3) is 0.174. The van der Waals surface area contributed by atoms with Gasteiger partial charge in [0.25, 0.3) is 5.91 Å². The van der Waals surface area contributed by atoms with Crippen LogP contribution in [0.4, 0.5) is 8.78 Å². The highest BCUT2D eigenvalue weighted by Gasteiger charge is 2.19. The minimum atomic E-state index is -1.12. The number of carbonyl (C=O) groups excluding carboxylic acids is 2. The van der Waals surface area contributed by atoms with Gasteiger partial charge in [-0.05, 0) is 42.3 Å². The lowest BCUT2D eigenvalue weighted by atomic mass is 10.0. The number of carbonyl (C=O) groups is 2. The Hall–Kier alpha value is -4.25. The summed E-state index contributed by atoms with van der Waals surface area (Å²) in [7, 11) is 0. The fourth-order valence-corrected chi connectivity index (χ4v) is 3.51. The molecule has 0 spiro atoms. The Morgan fingerprint density at radius 3 is 2.74 bits per heavy atom. The molecule has 9 nitrogen and oxygen atoms in total. The molecule has 1 atom stereocenters. The van der Waals surface area contributed by atoms with Crippen LogP contribution in [0, 0.1) is 11.6 Å². The van der Waals surface area contributed by atoms with Crippen molar-refractivity contribution in [2.24, 2.45) is 0 Å². The van der Waals surface area contributed by atoms with Gasteiger partial charge in [-0.2, -0.15) is 0 Å². The van der Waals surface area contributed by atoms with Gasteiger partial charge in [0.1, 0.15) is 5.69 Å². The van der Waals surface area contributed by atoms with E-state index in [1.807, 2.05) is 30.3 Å². The molecule has 3 N–H and O–H groups in total. The second-order valence-corrected chi connectivity index (χ2v) is 7.63. The zero-order valence-corrected chi connectivity index (χ0v) is 17.8. The van der Waals surface area contributed by atoms with Crippen molar-refractivity contribution in [2.75, 3.05) is 0 Å². The summed E-state index contributed by atoms with van der Waals surface area (Å²) in [5, 5.41) is 20.6. The molecule has 0 unspecified atom stereocenters. The lowest BCUT2D eigenvalue weighted by Crippen LogP contribution is -2.25. The summed E-state index contributed by atoms with van der Waals surface area (Å²) in [4.78, 5) is 28.4. The van der Waals surface area contributed by atoms with E-state index in [2.05, 4.69) is 20.6 Å². The zero-order valence-electron chi connectivity index (χ0n) is 17.8. The minimum absolute atomic E-state index is 0.0172. The highest BCUT2D eigenvalue weighted by atomic mass is 19.2. The maximum Gasteiger partial charge on any atom is 0.251 e. The van der Waals surface area contributed by atoms with Crippen molar-refractivity contribution in [1.82, 2.24) is 30.8 Å². The summed E-state index contributed by atoms with van der Waals surface area (Å²) < 4.78 is 27.9. The van der Waals surface area contributed by atoms with Crippen molar-refractivity contribution < 1.29 is 23.6 Å². The first-order valence-electron chi connectivity index (χ1n) is 10.3. The number of nitrogens with one attached hydrogen (secondary N) is 2. The molecule has 0 bridgehead atoms. The second-order valence-electron chi connectivity index (χ2n) is 7.63. The van der Waals surface area contributed by atoms with E-state index >= 15 is 0 Å². The van der Waals surface area contributed by atoms with E-state index in [1.165, 1.54) is 10.7 Å². The largest absolute Gasteiger partial charge is 0.346 e. The number of amides is 2. The van der Waals surface area contributed by atoms with E-state index in [-0.39, 0.29) is 18.5 Å². The molecule has 0 aliphatic carbocycles. The first-order valence-corrected chi connectivity index (χ1v) is 10.3. The van der Waals surface area contributed by atoms with Crippen LogP contribution in [0.2, 0.25) is 0 Å². The monoisotopic (exact) mass is 466 g/mol. The number of halogens is 2. The van der Waals surface area contributed by atoms with Crippen LogP contribution in [0.5, 0.6) is 0 Å². The van der Waals surface area contributed by atoms with Gasteiger partial charge in [-0.25, -0.2) is 18.9 Å². The third-order valence-corrected chi connectivity index (χ3v) is 5.23. The molecule has 0 aliphatic heterocycles. The topological polar surface area (TPSA) is 122 Å². The molecule has 2 aromatic heterocycles. The number of pyridine rings is 1. The summed E-state index contributed by atoms with van der Waals surface area (Å²) >= 11 is 0. The number of rotatable bonds is 8. The van der Waals surface area contributed by atoms with E-state index in [1.54, 1.807) is 17.9 Å². The van der Waals surface area contributed by atoms with Crippen LogP contribution in [-0.4, -0.2) is 37.0 Å². The number of hydrogen-bond donors (Lipinski definition) is 3. The SMILES string of the molecule is O=C(C[C@@H](Cc1ccc2cccnc2c1)n1cc(CNC(=O)c2ccc(F)c(F)c2)nn1)NO. The van der Waals surface area contributed by atoms with Crippen LogP contribution in [0.15, 0.2) is 60.9 Å². The van der Waals surface area contributed by atoms with Gasteiger partial charge < -0.3 is 5.32 Å². The Bertz CT molecular complexity index is 1340. The van der Waals surface area contributed by atoms with Crippen molar-refractivity contribution in [3.05, 3.63) is 89.4 Å². The molecule has 2 heterocycles. The number of nitrogens with zero attached hydrogens (tertiary/aromatic N) is 4. The average molecular weight is 466 g/mol.